The Kier molecular flexibility index (Phi) is 5.89. The SMILES string of the molecule is C#Cc1ccc2ccc(OC(C)C(=O)CCC(C)(C)C#CC)cc2c1. The van der Waals surface area contributed by atoms with Crippen molar-refractivity contribution in [1.29, 1.82) is 0 Å². The van der Waals surface area contributed by atoms with Crippen LogP contribution < -0.4 is 4.74 Å². The fourth-order valence-electron chi connectivity index (χ4n) is 2.70. The molecule has 0 radical (unpaired) electrons. The van der Waals surface area contributed by atoms with Gasteiger partial charge in [-0.05, 0) is 69.2 Å². The molecule has 2 heteroatoms. The molecule has 0 amide bonds. The van der Waals surface area contributed by atoms with Gasteiger partial charge in [-0.2, -0.15) is 0 Å². The van der Waals surface area contributed by atoms with Crippen molar-refractivity contribution in [3.8, 4) is 29.9 Å². The third-order valence-electron chi connectivity index (χ3n) is 4.20. The lowest BCUT2D eigenvalue weighted by Crippen LogP contribution is -2.25. The molecule has 0 aliphatic rings. The van der Waals surface area contributed by atoms with E-state index in [1.54, 1.807) is 6.92 Å². The first-order valence-electron chi connectivity index (χ1n) is 8.48. The number of hydrogen-bond acceptors (Lipinski definition) is 2. The first-order valence-corrected chi connectivity index (χ1v) is 8.48. The van der Waals surface area contributed by atoms with Crippen LogP contribution in [0.3, 0.4) is 0 Å². The predicted molar refractivity (Wildman–Crippen MR) is 103 cm³/mol. The molecule has 2 nitrogen and oxygen atoms in total. The van der Waals surface area contributed by atoms with Crippen LogP contribution in [0.5, 0.6) is 5.75 Å². The molecular formula is C23H24O2. The van der Waals surface area contributed by atoms with E-state index in [9.17, 15) is 4.79 Å². The van der Waals surface area contributed by atoms with Crippen molar-refractivity contribution in [2.45, 2.75) is 46.6 Å². The normalized spacial score (nSPS) is 12.0. The molecule has 0 aromatic heterocycles. The van der Waals surface area contributed by atoms with Gasteiger partial charge in [-0.15, -0.1) is 12.3 Å². The molecule has 0 fully saturated rings. The van der Waals surface area contributed by atoms with Gasteiger partial charge in [0.1, 0.15) is 5.75 Å². The van der Waals surface area contributed by atoms with Gasteiger partial charge in [0.05, 0.1) is 0 Å². The van der Waals surface area contributed by atoms with Crippen LogP contribution in [0, 0.1) is 29.6 Å². The van der Waals surface area contributed by atoms with E-state index >= 15 is 0 Å². The fourth-order valence-corrected chi connectivity index (χ4v) is 2.70. The molecule has 1 atom stereocenters. The third-order valence-corrected chi connectivity index (χ3v) is 4.20. The number of carbonyl (C=O) groups is 1. The van der Waals surface area contributed by atoms with E-state index in [0.29, 0.717) is 12.2 Å². The van der Waals surface area contributed by atoms with Gasteiger partial charge in [0.25, 0.3) is 0 Å². The Morgan fingerprint density at radius 3 is 2.60 bits per heavy atom. The second kappa shape index (κ2) is 7.91. The number of carbonyl (C=O) groups excluding carboxylic acids is 1. The highest BCUT2D eigenvalue weighted by molar-refractivity contribution is 5.86. The molecule has 0 aliphatic heterocycles. The Balaban J connectivity index is 2.05. The Labute approximate surface area is 150 Å². The number of terminal acetylenes is 1. The van der Waals surface area contributed by atoms with Crippen molar-refractivity contribution in [1.82, 2.24) is 0 Å². The molecule has 0 heterocycles. The first-order chi connectivity index (χ1) is 11.8. The zero-order valence-corrected chi connectivity index (χ0v) is 15.3. The van der Waals surface area contributed by atoms with Crippen LogP contribution in [-0.2, 0) is 4.79 Å². The number of fused-ring (bicyclic) bond motifs is 1. The third kappa shape index (κ3) is 5.13. The zero-order valence-electron chi connectivity index (χ0n) is 15.3. The number of rotatable bonds is 6. The molecule has 1 unspecified atom stereocenters. The molecule has 2 aromatic carbocycles. The van der Waals surface area contributed by atoms with E-state index in [1.807, 2.05) is 43.3 Å². The highest BCUT2D eigenvalue weighted by atomic mass is 16.5. The minimum absolute atomic E-state index is 0.0865. The lowest BCUT2D eigenvalue weighted by molar-refractivity contribution is -0.125. The van der Waals surface area contributed by atoms with Crippen molar-refractivity contribution in [3.05, 3.63) is 42.0 Å². The van der Waals surface area contributed by atoms with E-state index in [-0.39, 0.29) is 11.2 Å². The standard InChI is InChI=1S/C23H24O2/c1-6-13-23(4,5)14-12-22(24)17(3)25-21-11-10-19-9-8-18(7-2)15-20(19)16-21/h2,8-11,15-17H,12,14H2,1,3-5H3. The minimum Gasteiger partial charge on any atom is -0.483 e. The van der Waals surface area contributed by atoms with Crippen LogP contribution in [0.15, 0.2) is 36.4 Å². The van der Waals surface area contributed by atoms with Crippen molar-refractivity contribution in [2.75, 3.05) is 0 Å². The summed E-state index contributed by atoms with van der Waals surface area (Å²) in [6, 6.07) is 11.6. The summed E-state index contributed by atoms with van der Waals surface area (Å²) in [5.41, 5.74) is 0.673. The van der Waals surface area contributed by atoms with Gasteiger partial charge in [-0.3, -0.25) is 4.79 Å². The lowest BCUT2D eigenvalue weighted by Gasteiger charge is -2.19. The van der Waals surface area contributed by atoms with Crippen LogP contribution in [0.1, 0.15) is 46.1 Å². The second-order valence-corrected chi connectivity index (χ2v) is 6.85. The molecule has 0 spiro atoms. The summed E-state index contributed by atoms with van der Waals surface area (Å²) in [6.07, 6.45) is 6.15. The molecule has 0 N–H and O–H groups in total. The largest absolute Gasteiger partial charge is 0.483 e. The summed E-state index contributed by atoms with van der Waals surface area (Å²) in [6.45, 7) is 7.72. The molecule has 0 saturated carbocycles. The van der Waals surface area contributed by atoms with Crippen molar-refractivity contribution >= 4 is 16.6 Å². The Hall–Kier alpha value is -2.71. The number of Topliss-reactive ketones (excluding diaryl/α,β-unsaturated/α-hetero) is 1. The smallest absolute Gasteiger partial charge is 0.173 e. The Bertz CT molecular complexity index is 872. The van der Waals surface area contributed by atoms with Gasteiger partial charge in [-0.1, -0.05) is 24.0 Å². The van der Waals surface area contributed by atoms with Crippen LogP contribution in [0.2, 0.25) is 0 Å². The van der Waals surface area contributed by atoms with Gasteiger partial charge in [0, 0.05) is 17.4 Å². The maximum absolute atomic E-state index is 12.4. The summed E-state index contributed by atoms with van der Waals surface area (Å²) in [4.78, 5) is 12.4. The van der Waals surface area contributed by atoms with Gasteiger partial charge in [0.15, 0.2) is 11.9 Å². The topological polar surface area (TPSA) is 26.3 Å². The minimum atomic E-state index is -0.487. The molecule has 0 saturated heterocycles. The van der Waals surface area contributed by atoms with Crippen LogP contribution >= 0.6 is 0 Å². The van der Waals surface area contributed by atoms with Gasteiger partial charge in [-0.25, -0.2) is 0 Å². The van der Waals surface area contributed by atoms with E-state index in [2.05, 4.69) is 31.6 Å². The van der Waals surface area contributed by atoms with Gasteiger partial charge in [0.2, 0.25) is 0 Å². The van der Waals surface area contributed by atoms with Crippen LogP contribution in [0.25, 0.3) is 10.8 Å². The summed E-state index contributed by atoms with van der Waals surface area (Å²) < 4.78 is 5.85. The monoisotopic (exact) mass is 332 g/mol. The van der Waals surface area contributed by atoms with Gasteiger partial charge >= 0.3 is 0 Å². The van der Waals surface area contributed by atoms with Crippen molar-refractivity contribution < 1.29 is 9.53 Å². The molecule has 2 aromatic rings. The van der Waals surface area contributed by atoms with E-state index < -0.39 is 6.10 Å². The Morgan fingerprint density at radius 1 is 1.20 bits per heavy atom. The average molecular weight is 332 g/mol. The number of hydrogen-bond donors (Lipinski definition) is 0. The maximum Gasteiger partial charge on any atom is 0.173 e. The van der Waals surface area contributed by atoms with E-state index in [0.717, 1.165) is 22.8 Å². The lowest BCUT2D eigenvalue weighted by atomic mass is 9.87. The molecule has 25 heavy (non-hydrogen) atoms. The molecule has 0 aliphatic carbocycles. The maximum atomic E-state index is 12.4. The van der Waals surface area contributed by atoms with E-state index in [1.165, 1.54) is 0 Å². The number of ether oxygens (including phenoxy) is 1. The first kappa shape index (κ1) is 18.6. The molecule has 2 rings (SSSR count). The molecule has 0 bridgehead atoms. The summed E-state index contributed by atoms with van der Waals surface area (Å²) in [7, 11) is 0. The fraction of sp³-hybridized carbons (Fsp3) is 0.348. The number of ketones is 1. The highest BCUT2D eigenvalue weighted by Gasteiger charge is 2.20. The predicted octanol–water partition coefficient (Wildman–Crippen LogP) is 4.99. The van der Waals surface area contributed by atoms with Gasteiger partial charge < -0.3 is 4.74 Å². The molecular weight excluding hydrogens is 308 g/mol. The second-order valence-electron chi connectivity index (χ2n) is 6.85. The highest BCUT2D eigenvalue weighted by Crippen LogP contribution is 2.25. The quantitative estimate of drug-likeness (QED) is 0.697. The van der Waals surface area contributed by atoms with Crippen molar-refractivity contribution in [2.24, 2.45) is 5.41 Å². The Morgan fingerprint density at radius 2 is 1.92 bits per heavy atom. The summed E-state index contributed by atoms with van der Waals surface area (Å²) in [5.74, 6) is 9.45. The zero-order chi connectivity index (χ0) is 18.4. The van der Waals surface area contributed by atoms with Crippen LogP contribution in [0.4, 0.5) is 0 Å². The summed E-state index contributed by atoms with van der Waals surface area (Å²) >= 11 is 0. The van der Waals surface area contributed by atoms with Crippen LogP contribution in [-0.4, -0.2) is 11.9 Å². The number of benzene rings is 2. The summed E-state index contributed by atoms with van der Waals surface area (Å²) in [5, 5.41) is 2.09. The average Bonchev–Trinajstić information content (AvgIpc) is 2.59. The van der Waals surface area contributed by atoms with Crippen molar-refractivity contribution in [3.63, 3.8) is 0 Å². The van der Waals surface area contributed by atoms with E-state index in [4.69, 9.17) is 11.2 Å². The molecule has 128 valence electrons.